The molecule has 1 aliphatic heterocycles. The van der Waals surface area contributed by atoms with Crippen molar-refractivity contribution >= 4 is 28.5 Å². The fraction of sp³-hybridized carbons (Fsp3) is 0.333. The number of amides is 1. The Labute approximate surface area is 206 Å². The topological polar surface area (TPSA) is 87.3 Å². The summed E-state index contributed by atoms with van der Waals surface area (Å²) in [7, 11) is 4.83. The molecule has 2 aromatic heterocycles. The molecule has 182 valence electrons. The average Bonchev–Trinajstić information content (AvgIpc) is 3.57. The molecule has 0 spiro atoms. The Balaban J connectivity index is 1.68. The highest BCUT2D eigenvalue weighted by molar-refractivity contribution is 6.31. The highest BCUT2D eigenvalue weighted by Gasteiger charge is 2.50. The molecule has 0 saturated carbocycles. The normalized spacial score (nSPS) is 20.1. The number of likely N-dealkylation sites (tertiary alicyclic amines) is 1. The minimum atomic E-state index is -0.900. The maximum Gasteiger partial charge on any atom is 0.260 e. The third kappa shape index (κ3) is 3.64. The highest BCUT2D eigenvalue weighted by atomic mass is 35.5. The van der Waals surface area contributed by atoms with E-state index in [2.05, 4.69) is 10.2 Å². The number of ether oxygens (including phenoxy) is 2. The van der Waals surface area contributed by atoms with E-state index in [1.54, 1.807) is 30.2 Å². The van der Waals surface area contributed by atoms with Gasteiger partial charge in [-0.2, -0.15) is 15.0 Å². The first-order valence-corrected chi connectivity index (χ1v) is 11.4. The molecule has 0 N–H and O–H groups in total. The van der Waals surface area contributed by atoms with E-state index in [4.69, 9.17) is 26.1 Å². The second-order valence-electron chi connectivity index (χ2n) is 8.67. The second kappa shape index (κ2) is 8.62. The standard InChI is InChI=1S/C24H24ClFN6O3/c1-24(23-29-16-11-14(25)5-6-17(16)30(23)2)12-15(34-3)13-31(24)22(33)20-18(32-27-9-10-28-32)7-8-19(35-4)21(20)26/h5-11,15H,12-13H2,1-4H3/t15-,24?/m1/s1. The molecule has 2 aromatic carbocycles. The fourth-order valence-electron chi connectivity index (χ4n) is 4.90. The van der Waals surface area contributed by atoms with E-state index >= 15 is 4.39 Å². The molecule has 9 nitrogen and oxygen atoms in total. The maximum absolute atomic E-state index is 15.6. The predicted molar refractivity (Wildman–Crippen MR) is 127 cm³/mol. The van der Waals surface area contributed by atoms with Gasteiger partial charge in [-0.1, -0.05) is 11.6 Å². The Morgan fingerprint density at radius 3 is 2.63 bits per heavy atom. The molecular weight excluding hydrogens is 475 g/mol. The number of carbonyl (C=O) groups excluding carboxylic acids is 1. The lowest BCUT2D eigenvalue weighted by atomic mass is 9.95. The molecule has 5 rings (SSSR count). The van der Waals surface area contributed by atoms with Crippen LogP contribution in [0.1, 0.15) is 29.5 Å². The maximum atomic E-state index is 15.6. The summed E-state index contributed by atoms with van der Waals surface area (Å²) >= 11 is 6.19. The Bertz CT molecular complexity index is 1420. The second-order valence-corrected chi connectivity index (χ2v) is 9.11. The smallest absolute Gasteiger partial charge is 0.260 e. The number of aryl methyl sites for hydroxylation is 1. The lowest BCUT2D eigenvalue weighted by Crippen LogP contribution is -2.45. The number of hydrogen-bond acceptors (Lipinski definition) is 6. The van der Waals surface area contributed by atoms with Crippen LogP contribution in [0.2, 0.25) is 5.02 Å². The minimum Gasteiger partial charge on any atom is -0.494 e. The number of benzene rings is 2. The molecule has 4 aromatic rings. The summed E-state index contributed by atoms with van der Waals surface area (Å²) in [5.74, 6) is -0.733. The molecule has 0 aliphatic carbocycles. The number of carbonyl (C=O) groups is 1. The van der Waals surface area contributed by atoms with Crippen LogP contribution >= 0.6 is 11.6 Å². The average molecular weight is 499 g/mol. The van der Waals surface area contributed by atoms with Crippen molar-refractivity contribution in [3.8, 4) is 11.4 Å². The number of halogens is 2. The van der Waals surface area contributed by atoms with Gasteiger partial charge in [0.05, 0.1) is 36.6 Å². The number of methoxy groups -OCH3 is 2. The van der Waals surface area contributed by atoms with Crippen LogP contribution in [0.4, 0.5) is 4.39 Å². The zero-order valence-corrected chi connectivity index (χ0v) is 20.5. The zero-order valence-electron chi connectivity index (χ0n) is 19.7. The molecular formula is C24H24ClFN6O3. The Morgan fingerprint density at radius 1 is 1.20 bits per heavy atom. The van der Waals surface area contributed by atoms with Gasteiger partial charge in [0.1, 0.15) is 22.6 Å². The quantitative estimate of drug-likeness (QED) is 0.416. The van der Waals surface area contributed by atoms with Crippen LogP contribution in [0.3, 0.4) is 0 Å². The summed E-state index contributed by atoms with van der Waals surface area (Å²) in [4.78, 5) is 21.8. The molecule has 11 heteroatoms. The van der Waals surface area contributed by atoms with Gasteiger partial charge in [0.2, 0.25) is 0 Å². The molecule has 0 bridgehead atoms. The van der Waals surface area contributed by atoms with Gasteiger partial charge < -0.3 is 18.9 Å². The summed E-state index contributed by atoms with van der Waals surface area (Å²) in [5.41, 5.74) is 0.692. The Hall–Kier alpha value is -3.50. The molecule has 1 unspecified atom stereocenters. The van der Waals surface area contributed by atoms with Gasteiger partial charge in [-0.15, -0.1) is 0 Å². The number of rotatable bonds is 5. The summed E-state index contributed by atoms with van der Waals surface area (Å²) in [6, 6.07) is 8.47. The van der Waals surface area contributed by atoms with Crippen molar-refractivity contribution in [2.75, 3.05) is 20.8 Å². The van der Waals surface area contributed by atoms with E-state index in [1.807, 2.05) is 24.6 Å². The van der Waals surface area contributed by atoms with Gasteiger partial charge in [0.25, 0.3) is 5.91 Å². The minimum absolute atomic E-state index is 0.0502. The summed E-state index contributed by atoms with van der Waals surface area (Å²) < 4.78 is 28.4. The number of aromatic nitrogens is 5. The summed E-state index contributed by atoms with van der Waals surface area (Å²) in [6.45, 7) is 2.16. The number of nitrogens with zero attached hydrogens (tertiary/aromatic N) is 6. The molecule has 1 fully saturated rings. The van der Waals surface area contributed by atoms with Crippen LogP contribution in [0.15, 0.2) is 42.7 Å². The lowest BCUT2D eigenvalue weighted by Gasteiger charge is -2.34. The van der Waals surface area contributed by atoms with E-state index in [0.717, 1.165) is 5.52 Å². The molecule has 35 heavy (non-hydrogen) atoms. The van der Waals surface area contributed by atoms with E-state index in [-0.39, 0.29) is 29.6 Å². The molecule has 1 amide bonds. The largest absolute Gasteiger partial charge is 0.494 e. The van der Waals surface area contributed by atoms with Crippen molar-refractivity contribution in [3.63, 3.8) is 0 Å². The monoisotopic (exact) mass is 498 g/mol. The summed E-state index contributed by atoms with van der Waals surface area (Å²) in [6.07, 6.45) is 3.12. The van der Waals surface area contributed by atoms with Gasteiger partial charge in [-0.3, -0.25) is 4.79 Å². The zero-order chi connectivity index (χ0) is 24.9. The molecule has 2 atom stereocenters. The van der Waals surface area contributed by atoms with Crippen LogP contribution < -0.4 is 4.74 Å². The molecule has 0 radical (unpaired) electrons. The Kier molecular flexibility index (Phi) is 5.72. The fourth-order valence-corrected chi connectivity index (χ4v) is 5.07. The van der Waals surface area contributed by atoms with Crippen molar-refractivity contribution in [2.45, 2.75) is 25.0 Å². The van der Waals surface area contributed by atoms with Crippen LogP contribution in [-0.4, -0.2) is 62.2 Å². The van der Waals surface area contributed by atoms with Gasteiger partial charge in [0, 0.05) is 32.1 Å². The SMILES string of the molecule is COc1ccc(-n2nccn2)c(C(=O)N2C[C@H](OC)CC2(C)c2nc3cc(Cl)ccc3n2C)c1F. The van der Waals surface area contributed by atoms with E-state index in [1.165, 1.54) is 30.4 Å². The van der Waals surface area contributed by atoms with Gasteiger partial charge >= 0.3 is 0 Å². The Morgan fingerprint density at radius 2 is 1.94 bits per heavy atom. The van der Waals surface area contributed by atoms with Gasteiger partial charge in [-0.25, -0.2) is 9.37 Å². The third-order valence-corrected chi connectivity index (χ3v) is 6.90. The van der Waals surface area contributed by atoms with Crippen molar-refractivity contribution in [1.29, 1.82) is 0 Å². The number of hydrogen-bond donors (Lipinski definition) is 0. The van der Waals surface area contributed by atoms with E-state index < -0.39 is 17.3 Å². The lowest BCUT2D eigenvalue weighted by molar-refractivity contribution is 0.0579. The first-order valence-electron chi connectivity index (χ1n) is 11.0. The van der Waals surface area contributed by atoms with Crippen molar-refractivity contribution in [2.24, 2.45) is 7.05 Å². The summed E-state index contributed by atoms with van der Waals surface area (Å²) in [5, 5.41) is 8.77. The van der Waals surface area contributed by atoms with Crippen molar-refractivity contribution in [1.82, 2.24) is 29.4 Å². The van der Waals surface area contributed by atoms with Crippen molar-refractivity contribution in [3.05, 3.63) is 65.0 Å². The first kappa shape index (κ1) is 23.3. The van der Waals surface area contributed by atoms with Crippen LogP contribution in [0.5, 0.6) is 5.75 Å². The van der Waals surface area contributed by atoms with Crippen molar-refractivity contribution < 1.29 is 18.7 Å². The van der Waals surface area contributed by atoms with Gasteiger partial charge in [0.15, 0.2) is 11.6 Å². The highest BCUT2D eigenvalue weighted by Crippen LogP contribution is 2.42. The molecule has 3 heterocycles. The number of fused-ring (bicyclic) bond motifs is 1. The van der Waals surface area contributed by atoms with Gasteiger partial charge in [-0.05, 0) is 37.3 Å². The predicted octanol–water partition coefficient (Wildman–Crippen LogP) is 3.73. The van der Waals surface area contributed by atoms with Crippen LogP contribution in [0, 0.1) is 5.82 Å². The molecule has 1 aliphatic rings. The first-order chi connectivity index (χ1) is 16.8. The van der Waals surface area contributed by atoms with E-state index in [9.17, 15) is 4.79 Å². The molecule has 1 saturated heterocycles. The number of imidazole rings is 1. The third-order valence-electron chi connectivity index (χ3n) is 6.66. The van der Waals surface area contributed by atoms with Crippen LogP contribution in [-0.2, 0) is 17.3 Å². The van der Waals surface area contributed by atoms with E-state index in [0.29, 0.717) is 22.8 Å². The van der Waals surface area contributed by atoms with Crippen LogP contribution in [0.25, 0.3) is 16.7 Å².